The van der Waals surface area contributed by atoms with Crippen LogP contribution in [0.1, 0.15) is 28.5 Å². The monoisotopic (exact) mass is 393 g/mol. The number of benzene rings is 1. The SMILES string of the molecule is Cc1ncn(CC(=O)N2CCS[C@@H](c3cc(F)ccc3F)CC2)c(=O)c1C. The maximum Gasteiger partial charge on any atom is 0.256 e. The van der Waals surface area contributed by atoms with Crippen molar-refractivity contribution in [2.24, 2.45) is 0 Å². The van der Waals surface area contributed by atoms with E-state index in [1.165, 1.54) is 28.7 Å². The molecule has 3 rings (SSSR count). The molecule has 0 spiro atoms. The predicted octanol–water partition coefficient (Wildman–Crippen LogP) is 2.85. The van der Waals surface area contributed by atoms with Gasteiger partial charge < -0.3 is 4.90 Å². The maximum absolute atomic E-state index is 14.0. The Morgan fingerprint density at radius 3 is 2.85 bits per heavy atom. The third-order valence-corrected chi connectivity index (χ3v) is 6.13. The molecule has 144 valence electrons. The Hall–Kier alpha value is -2.22. The fourth-order valence-electron chi connectivity index (χ4n) is 3.06. The first-order valence-electron chi connectivity index (χ1n) is 8.74. The molecule has 0 saturated carbocycles. The molecule has 1 fully saturated rings. The lowest BCUT2D eigenvalue weighted by Gasteiger charge is -2.21. The van der Waals surface area contributed by atoms with Gasteiger partial charge in [-0.25, -0.2) is 13.8 Å². The smallest absolute Gasteiger partial charge is 0.256 e. The topological polar surface area (TPSA) is 55.2 Å². The Morgan fingerprint density at radius 1 is 1.30 bits per heavy atom. The van der Waals surface area contributed by atoms with Gasteiger partial charge in [-0.1, -0.05) is 0 Å². The highest BCUT2D eigenvalue weighted by atomic mass is 32.2. The molecule has 2 aromatic rings. The summed E-state index contributed by atoms with van der Waals surface area (Å²) in [5.41, 5.74) is 1.29. The predicted molar refractivity (Wildman–Crippen MR) is 101 cm³/mol. The van der Waals surface area contributed by atoms with Crippen LogP contribution in [0.5, 0.6) is 0 Å². The van der Waals surface area contributed by atoms with E-state index in [0.717, 1.165) is 12.1 Å². The van der Waals surface area contributed by atoms with Crippen molar-refractivity contribution in [3.63, 3.8) is 0 Å². The first-order chi connectivity index (χ1) is 12.9. The van der Waals surface area contributed by atoms with Crippen LogP contribution in [0.4, 0.5) is 8.78 Å². The van der Waals surface area contributed by atoms with Crippen molar-refractivity contribution >= 4 is 17.7 Å². The second-order valence-electron chi connectivity index (χ2n) is 6.58. The molecule has 1 aliphatic heterocycles. The molecule has 27 heavy (non-hydrogen) atoms. The molecule has 8 heteroatoms. The van der Waals surface area contributed by atoms with Crippen molar-refractivity contribution in [1.29, 1.82) is 0 Å². The molecule has 5 nitrogen and oxygen atoms in total. The first-order valence-corrected chi connectivity index (χ1v) is 9.78. The molecule has 0 radical (unpaired) electrons. The molecule has 0 bridgehead atoms. The molecule has 1 aliphatic rings. The van der Waals surface area contributed by atoms with Crippen LogP contribution in [0.15, 0.2) is 29.3 Å². The largest absolute Gasteiger partial charge is 0.340 e. The highest BCUT2D eigenvalue weighted by molar-refractivity contribution is 7.99. The van der Waals surface area contributed by atoms with Crippen molar-refractivity contribution < 1.29 is 13.6 Å². The third kappa shape index (κ3) is 4.37. The number of carbonyl (C=O) groups is 1. The standard InChI is InChI=1S/C19H21F2N3O2S/c1-12-13(2)22-11-24(19(12)26)10-18(25)23-6-5-17(27-8-7-23)15-9-14(20)3-4-16(15)21/h3-4,9,11,17H,5-8,10H2,1-2H3/t17-/m1/s1. The zero-order valence-electron chi connectivity index (χ0n) is 15.2. The first kappa shape index (κ1) is 19.5. The van der Waals surface area contributed by atoms with Gasteiger partial charge in [-0.15, -0.1) is 0 Å². The number of aromatic nitrogens is 2. The van der Waals surface area contributed by atoms with E-state index in [2.05, 4.69) is 4.98 Å². The number of amides is 1. The summed E-state index contributed by atoms with van der Waals surface area (Å²) in [5, 5.41) is -0.204. The molecule has 0 N–H and O–H groups in total. The quantitative estimate of drug-likeness (QED) is 0.805. The normalized spacial score (nSPS) is 17.6. The highest BCUT2D eigenvalue weighted by Crippen LogP contribution is 2.36. The van der Waals surface area contributed by atoms with Crippen molar-refractivity contribution in [3.8, 4) is 0 Å². The molecule has 1 amide bonds. The molecule has 2 heterocycles. The minimum atomic E-state index is -0.467. The molecule has 1 atom stereocenters. The lowest BCUT2D eigenvalue weighted by molar-refractivity contribution is -0.131. The van der Waals surface area contributed by atoms with Crippen molar-refractivity contribution in [1.82, 2.24) is 14.5 Å². The molecule has 0 aliphatic carbocycles. The van der Waals surface area contributed by atoms with Crippen LogP contribution in [0.3, 0.4) is 0 Å². The number of carbonyl (C=O) groups excluding carboxylic acids is 1. The fraction of sp³-hybridized carbons (Fsp3) is 0.421. The number of hydrogen-bond donors (Lipinski definition) is 0. The van der Waals surface area contributed by atoms with Gasteiger partial charge in [0.1, 0.15) is 18.2 Å². The minimum Gasteiger partial charge on any atom is -0.340 e. The summed E-state index contributed by atoms with van der Waals surface area (Å²) in [6.45, 7) is 4.30. The van der Waals surface area contributed by atoms with E-state index >= 15 is 0 Å². The summed E-state index contributed by atoms with van der Waals surface area (Å²) in [5.74, 6) is -0.456. The number of aryl methyl sites for hydroxylation is 1. The number of nitrogens with zero attached hydrogens (tertiary/aromatic N) is 3. The second kappa shape index (κ2) is 8.21. The van der Waals surface area contributed by atoms with E-state index in [1.54, 1.807) is 18.7 Å². The van der Waals surface area contributed by atoms with Gasteiger partial charge in [0.15, 0.2) is 0 Å². The molecular weight excluding hydrogens is 372 g/mol. The number of thioether (sulfide) groups is 1. The van der Waals surface area contributed by atoms with E-state index in [1.807, 2.05) is 0 Å². The number of hydrogen-bond acceptors (Lipinski definition) is 4. The fourth-order valence-corrected chi connectivity index (χ4v) is 4.31. The van der Waals surface area contributed by atoms with Gasteiger partial charge in [-0.05, 0) is 38.5 Å². The van der Waals surface area contributed by atoms with E-state index < -0.39 is 11.6 Å². The zero-order valence-corrected chi connectivity index (χ0v) is 16.1. The minimum absolute atomic E-state index is 0.0728. The van der Waals surface area contributed by atoms with Gasteiger partial charge >= 0.3 is 0 Å². The van der Waals surface area contributed by atoms with Crippen LogP contribution in [0.2, 0.25) is 0 Å². The van der Waals surface area contributed by atoms with Gasteiger partial charge in [0.05, 0.1) is 6.33 Å². The Morgan fingerprint density at radius 2 is 2.07 bits per heavy atom. The summed E-state index contributed by atoms with van der Waals surface area (Å²) in [6, 6.07) is 3.47. The van der Waals surface area contributed by atoms with Crippen LogP contribution < -0.4 is 5.56 Å². The van der Waals surface area contributed by atoms with Crippen molar-refractivity contribution in [3.05, 3.63) is 63.3 Å². The summed E-state index contributed by atoms with van der Waals surface area (Å²) in [6.07, 6.45) is 1.91. The Kier molecular flexibility index (Phi) is 5.94. The lowest BCUT2D eigenvalue weighted by Crippen LogP contribution is -2.38. The summed E-state index contributed by atoms with van der Waals surface area (Å²) >= 11 is 1.51. The Bertz CT molecular complexity index is 916. The molecule has 1 saturated heterocycles. The highest BCUT2D eigenvalue weighted by Gasteiger charge is 2.24. The average Bonchev–Trinajstić information content (AvgIpc) is 2.90. The molecule has 1 aromatic carbocycles. The van der Waals surface area contributed by atoms with Crippen LogP contribution in [0, 0.1) is 25.5 Å². The molecule has 1 aromatic heterocycles. The van der Waals surface area contributed by atoms with Crippen molar-refractivity contribution in [2.45, 2.75) is 32.1 Å². The Balaban J connectivity index is 1.69. The van der Waals surface area contributed by atoms with Crippen molar-refractivity contribution in [2.75, 3.05) is 18.8 Å². The maximum atomic E-state index is 14.0. The average molecular weight is 393 g/mol. The van der Waals surface area contributed by atoms with Gasteiger partial charge in [0.25, 0.3) is 5.56 Å². The van der Waals surface area contributed by atoms with E-state index in [0.29, 0.717) is 42.1 Å². The zero-order chi connectivity index (χ0) is 19.6. The van der Waals surface area contributed by atoms with Gasteiger partial charge in [-0.2, -0.15) is 11.8 Å². The number of rotatable bonds is 3. The van der Waals surface area contributed by atoms with Crippen LogP contribution in [-0.4, -0.2) is 39.2 Å². The molecular formula is C19H21F2N3O2S. The second-order valence-corrected chi connectivity index (χ2v) is 7.89. The van der Waals surface area contributed by atoms with E-state index in [9.17, 15) is 18.4 Å². The van der Waals surface area contributed by atoms with E-state index in [4.69, 9.17) is 0 Å². The van der Waals surface area contributed by atoms with Crippen LogP contribution in [0.25, 0.3) is 0 Å². The summed E-state index contributed by atoms with van der Waals surface area (Å²) in [4.78, 5) is 30.7. The van der Waals surface area contributed by atoms with Gasteiger partial charge in [-0.3, -0.25) is 14.2 Å². The van der Waals surface area contributed by atoms with Gasteiger partial charge in [0.2, 0.25) is 5.91 Å². The Labute approximate surface area is 160 Å². The lowest BCUT2D eigenvalue weighted by atomic mass is 10.1. The summed E-state index contributed by atoms with van der Waals surface area (Å²) in [7, 11) is 0. The summed E-state index contributed by atoms with van der Waals surface area (Å²) < 4.78 is 28.8. The third-order valence-electron chi connectivity index (χ3n) is 4.82. The number of halogens is 2. The molecule has 0 unspecified atom stereocenters. The van der Waals surface area contributed by atoms with Gasteiger partial charge in [0, 0.05) is 40.9 Å². The van der Waals surface area contributed by atoms with Crippen LogP contribution in [-0.2, 0) is 11.3 Å². The van der Waals surface area contributed by atoms with Crippen LogP contribution >= 0.6 is 11.8 Å². The van der Waals surface area contributed by atoms with E-state index in [-0.39, 0.29) is 23.3 Å².